The van der Waals surface area contributed by atoms with Gasteiger partial charge in [-0.25, -0.2) is 8.42 Å². The van der Waals surface area contributed by atoms with Crippen molar-refractivity contribution in [2.24, 2.45) is 0 Å². The number of ether oxygens (including phenoxy) is 1. The van der Waals surface area contributed by atoms with Gasteiger partial charge in [0.1, 0.15) is 0 Å². The number of benzene rings is 1. The first-order valence-corrected chi connectivity index (χ1v) is 11.3. The second-order valence-electron chi connectivity index (χ2n) is 7.03. The minimum atomic E-state index is -3.45. The van der Waals surface area contributed by atoms with Gasteiger partial charge in [-0.1, -0.05) is 25.5 Å². The van der Waals surface area contributed by atoms with Crippen molar-refractivity contribution in [3.05, 3.63) is 29.8 Å². The Bertz CT molecular complexity index is 755. The Morgan fingerprint density at radius 1 is 1.14 bits per heavy atom. The predicted molar refractivity (Wildman–Crippen MR) is 106 cm³/mol. The molecule has 1 fully saturated rings. The van der Waals surface area contributed by atoms with Crippen LogP contribution in [0.5, 0.6) is 0 Å². The van der Waals surface area contributed by atoms with E-state index in [4.69, 9.17) is 4.74 Å². The van der Waals surface area contributed by atoms with Crippen molar-refractivity contribution in [1.29, 1.82) is 0 Å². The van der Waals surface area contributed by atoms with Crippen molar-refractivity contribution in [3.8, 4) is 0 Å². The molecule has 0 bridgehead atoms. The number of esters is 1. The van der Waals surface area contributed by atoms with E-state index in [9.17, 15) is 18.0 Å². The van der Waals surface area contributed by atoms with Crippen molar-refractivity contribution in [2.75, 3.05) is 19.6 Å². The number of rotatable bonds is 9. The number of aryl methyl sites for hydroxylation is 1. The van der Waals surface area contributed by atoms with E-state index in [-0.39, 0.29) is 17.2 Å². The average molecular weight is 411 g/mol. The van der Waals surface area contributed by atoms with Crippen LogP contribution in [0.25, 0.3) is 0 Å². The van der Waals surface area contributed by atoms with Crippen LogP contribution in [0.1, 0.15) is 51.5 Å². The van der Waals surface area contributed by atoms with Crippen LogP contribution in [0.15, 0.2) is 29.2 Å². The first-order valence-electron chi connectivity index (χ1n) is 9.91. The molecule has 28 heavy (non-hydrogen) atoms. The molecule has 1 atom stereocenters. The van der Waals surface area contributed by atoms with Crippen molar-refractivity contribution >= 4 is 21.9 Å². The van der Waals surface area contributed by atoms with Crippen LogP contribution in [0.2, 0.25) is 0 Å². The zero-order valence-electron chi connectivity index (χ0n) is 16.6. The molecule has 0 aromatic heterocycles. The van der Waals surface area contributed by atoms with Crippen molar-refractivity contribution < 1.29 is 22.7 Å². The molecule has 2 rings (SSSR count). The molecule has 1 aromatic carbocycles. The summed E-state index contributed by atoms with van der Waals surface area (Å²) in [6.45, 7) is 5.18. The molecule has 1 saturated heterocycles. The van der Waals surface area contributed by atoms with Gasteiger partial charge in [-0.3, -0.25) is 9.59 Å². The van der Waals surface area contributed by atoms with E-state index >= 15 is 0 Å². The van der Waals surface area contributed by atoms with Gasteiger partial charge in [-0.05, 0) is 50.3 Å². The van der Waals surface area contributed by atoms with Crippen molar-refractivity contribution in [3.63, 3.8) is 0 Å². The first kappa shape index (κ1) is 22.4. The molecule has 1 amide bonds. The molecule has 7 nitrogen and oxygen atoms in total. The monoisotopic (exact) mass is 410 g/mol. The molecule has 0 radical (unpaired) electrons. The van der Waals surface area contributed by atoms with Crippen LogP contribution in [0, 0.1) is 0 Å². The number of amides is 1. The Balaban J connectivity index is 1.85. The summed E-state index contributed by atoms with van der Waals surface area (Å²) >= 11 is 0. The topological polar surface area (TPSA) is 92.8 Å². The molecule has 156 valence electrons. The first-order chi connectivity index (χ1) is 13.3. The fourth-order valence-corrected chi connectivity index (χ4v) is 4.55. The van der Waals surface area contributed by atoms with E-state index in [2.05, 4.69) is 5.32 Å². The molecule has 1 N–H and O–H groups in total. The highest BCUT2D eigenvalue weighted by molar-refractivity contribution is 7.89. The van der Waals surface area contributed by atoms with Crippen LogP contribution < -0.4 is 5.32 Å². The lowest BCUT2D eigenvalue weighted by molar-refractivity contribution is -0.154. The summed E-state index contributed by atoms with van der Waals surface area (Å²) in [6, 6.07) is 6.62. The van der Waals surface area contributed by atoms with Crippen molar-refractivity contribution in [1.82, 2.24) is 9.62 Å². The number of nitrogens with zero attached hydrogens (tertiary/aromatic N) is 1. The fraction of sp³-hybridized carbons (Fsp3) is 0.600. The molecular weight excluding hydrogens is 380 g/mol. The van der Waals surface area contributed by atoms with Gasteiger partial charge in [-0.2, -0.15) is 4.31 Å². The third kappa shape index (κ3) is 6.31. The molecule has 1 aliphatic rings. The van der Waals surface area contributed by atoms with Crippen molar-refractivity contribution in [2.45, 2.75) is 63.4 Å². The second kappa shape index (κ2) is 10.6. The van der Waals surface area contributed by atoms with Crippen LogP contribution in [0.3, 0.4) is 0 Å². The molecule has 1 aromatic rings. The molecular formula is C20H30N2O5S. The smallest absolute Gasteiger partial charge is 0.306 e. The van der Waals surface area contributed by atoms with Gasteiger partial charge >= 0.3 is 5.97 Å². The predicted octanol–water partition coefficient (Wildman–Crippen LogP) is 2.25. The number of carbonyl (C=O) groups excluding carboxylic acids is 2. The quantitative estimate of drug-likeness (QED) is 0.631. The van der Waals surface area contributed by atoms with Gasteiger partial charge in [0.05, 0.1) is 4.90 Å². The van der Waals surface area contributed by atoms with Crippen LogP contribution in [0.4, 0.5) is 0 Å². The number of piperidine rings is 1. The maximum atomic E-state index is 12.6. The highest BCUT2D eigenvalue weighted by atomic mass is 32.2. The highest BCUT2D eigenvalue weighted by Crippen LogP contribution is 2.21. The minimum Gasteiger partial charge on any atom is -0.453 e. The Kier molecular flexibility index (Phi) is 8.44. The Morgan fingerprint density at radius 3 is 2.39 bits per heavy atom. The van der Waals surface area contributed by atoms with Gasteiger partial charge in [0, 0.05) is 26.1 Å². The Labute approximate surface area is 167 Å². The van der Waals surface area contributed by atoms with E-state index in [1.807, 2.05) is 6.92 Å². The van der Waals surface area contributed by atoms with Gasteiger partial charge < -0.3 is 10.1 Å². The summed E-state index contributed by atoms with van der Waals surface area (Å²) in [5.41, 5.74) is 0.845. The van der Waals surface area contributed by atoms with Gasteiger partial charge in [0.15, 0.2) is 6.10 Å². The Hall–Kier alpha value is -1.93. The second-order valence-corrected chi connectivity index (χ2v) is 8.97. The van der Waals surface area contributed by atoms with Crippen LogP contribution >= 0.6 is 0 Å². The average Bonchev–Trinajstić information content (AvgIpc) is 2.71. The molecule has 1 heterocycles. The SMILES string of the molecule is CCCNC(=O)C(C)OC(=O)CCc1ccc(S(=O)(=O)N2CCCCC2)cc1. The summed E-state index contributed by atoms with van der Waals surface area (Å²) < 4.78 is 31.9. The minimum absolute atomic E-state index is 0.129. The summed E-state index contributed by atoms with van der Waals surface area (Å²) in [5, 5.41) is 2.68. The van der Waals surface area contributed by atoms with Gasteiger partial charge in [0.25, 0.3) is 5.91 Å². The summed E-state index contributed by atoms with van der Waals surface area (Å²) in [7, 11) is -3.45. The third-order valence-electron chi connectivity index (χ3n) is 4.72. The molecule has 0 aliphatic carbocycles. The summed E-state index contributed by atoms with van der Waals surface area (Å²) in [6.07, 6.45) is 3.41. The highest BCUT2D eigenvalue weighted by Gasteiger charge is 2.25. The van der Waals surface area contributed by atoms with E-state index in [0.29, 0.717) is 26.1 Å². The standard InChI is InChI=1S/C20H30N2O5S/c1-3-13-21-20(24)16(2)27-19(23)12-9-17-7-10-18(11-8-17)28(25,26)22-14-5-4-6-15-22/h7-8,10-11,16H,3-6,9,12-15H2,1-2H3,(H,21,24). The lowest BCUT2D eigenvalue weighted by atomic mass is 10.1. The largest absolute Gasteiger partial charge is 0.453 e. The van der Waals surface area contributed by atoms with E-state index in [0.717, 1.165) is 31.2 Å². The fourth-order valence-electron chi connectivity index (χ4n) is 3.03. The number of nitrogens with one attached hydrogen (secondary N) is 1. The molecule has 8 heteroatoms. The zero-order chi connectivity index (χ0) is 20.6. The number of hydrogen-bond acceptors (Lipinski definition) is 5. The van der Waals surface area contributed by atoms with E-state index in [1.165, 1.54) is 4.31 Å². The lowest BCUT2D eigenvalue weighted by Crippen LogP contribution is -2.36. The van der Waals surface area contributed by atoms with Gasteiger partial charge in [0.2, 0.25) is 10.0 Å². The molecule has 0 saturated carbocycles. The molecule has 1 unspecified atom stereocenters. The molecule has 1 aliphatic heterocycles. The van der Waals surface area contributed by atoms with E-state index in [1.54, 1.807) is 31.2 Å². The maximum Gasteiger partial charge on any atom is 0.306 e. The summed E-state index contributed by atoms with van der Waals surface area (Å²) in [5.74, 6) is -0.758. The molecule has 0 spiro atoms. The maximum absolute atomic E-state index is 12.6. The Morgan fingerprint density at radius 2 is 1.79 bits per heavy atom. The normalized spacial score (nSPS) is 16.4. The third-order valence-corrected chi connectivity index (χ3v) is 6.63. The number of sulfonamides is 1. The lowest BCUT2D eigenvalue weighted by Gasteiger charge is -2.25. The summed E-state index contributed by atoms with van der Waals surface area (Å²) in [4.78, 5) is 23.9. The van der Waals surface area contributed by atoms with Gasteiger partial charge in [-0.15, -0.1) is 0 Å². The number of hydrogen-bond donors (Lipinski definition) is 1. The van der Waals surface area contributed by atoms with E-state index < -0.39 is 22.1 Å². The van der Waals surface area contributed by atoms with Crippen LogP contribution in [-0.2, 0) is 30.8 Å². The zero-order valence-corrected chi connectivity index (χ0v) is 17.5. The number of carbonyl (C=O) groups is 2. The van der Waals surface area contributed by atoms with Crippen LogP contribution in [-0.4, -0.2) is 50.3 Å².